The van der Waals surface area contributed by atoms with E-state index in [1.54, 1.807) is 10.6 Å². The number of Topliss-reactive ketones (excluding diaryl/α,β-unsaturated/α-hetero) is 1. The molecule has 0 saturated heterocycles. The molecule has 1 atom stereocenters. The van der Waals surface area contributed by atoms with Crippen LogP contribution >= 0.6 is 11.8 Å². The van der Waals surface area contributed by atoms with Crippen LogP contribution in [0.3, 0.4) is 0 Å². The van der Waals surface area contributed by atoms with Crippen molar-refractivity contribution in [2.24, 2.45) is 0 Å². The molecule has 0 aliphatic heterocycles. The van der Waals surface area contributed by atoms with Gasteiger partial charge in [-0.1, -0.05) is 49.9 Å². The van der Waals surface area contributed by atoms with Crippen LogP contribution < -0.4 is 5.56 Å². The summed E-state index contributed by atoms with van der Waals surface area (Å²) in [6.45, 7) is 5.89. The Kier molecular flexibility index (Phi) is 5.57. The molecule has 3 rings (SSSR count). The largest absolute Gasteiger partial charge is 0.299 e. The van der Waals surface area contributed by atoms with Gasteiger partial charge in [-0.25, -0.2) is 4.98 Å². The molecule has 1 aromatic heterocycles. The lowest BCUT2D eigenvalue weighted by Gasteiger charge is -2.14. The second-order valence-electron chi connectivity index (χ2n) is 6.44. The molecule has 0 fully saturated rings. The number of para-hydroxylation sites is 1. The highest BCUT2D eigenvalue weighted by atomic mass is 32.2. The molecule has 0 bridgehead atoms. The zero-order chi connectivity index (χ0) is 18.7. The van der Waals surface area contributed by atoms with Crippen LogP contribution in [0.2, 0.25) is 0 Å². The molecule has 3 aromatic rings. The van der Waals surface area contributed by atoms with E-state index in [1.807, 2.05) is 30.3 Å². The van der Waals surface area contributed by atoms with Crippen molar-refractivity contribution < 1.29 is 4.79 Å². The fourth-order valence-corrected chi connectivity index (χ4v) is 3.60. The van der Waals surface area contributed by atoms with E-state index in [-0.39, 0.29) is 17.1 Å². The number of ketones is 1. The van der Waals surface area contributed by atoms with Gasteiger partial charge in [-0.15, -0.1) is 0 Å². The van der Waals surface area contributed by atoms with Crippen molar-refractivity contribution in [3.05, 3.63) is 64.4 Å². The van der Waals surface area contributed by atoms with Gasteiger partial charge in [-0.2, -0.15) is 0 Å². The van der Waals surface area contributed by atoms with Gasteiger partial charge in [0.25, 0.3) is 5.56 Å². The Morgan fingerprint density at radius 1 is 1.15 bits per heavy atom. The van der Waals surface area contributed by atoms with Crippen molar-refractivity contribution in [1.82, 2.24) is 9.55 Å². The van der Waals surface area contributed by atoms with Gasteiger partial charge in [-0.3, -0.25) is 14.2 Å². The van der Waals surface area contributed by atoms with Gasteiger partial charge in [0.15, 0.2) is 5.16 Å². The molecule has 0 radical (unpaired) electrons. The average molecular weight is 366 g/mol. The van der Waals surface area contributed by atoms with Gasteiger partial charge in [0.2, 0.25) is 0 Å². The lowest BCUT2D eigenvalue weighted by molar-refractivity contribution is -0.114. The number of fused-ring (bicyclic) bond motifs is 1. The monoisotopic (exact) mass is 366 g/mol. The van der Waals surface area contributed by atoms with Crippen LogP contribution in [0.25, 0.3) is 16.6 Å². The lowest BCUT2D eigenvalue weighted by atomic mass is 9.98. The summed E-state index contributed by atoms with van der Waals surface area (Å²) in [5, 5.41) is 1.12. The Morgan fingerprint density at radius 2 is 1.85 bits per heavy atom. The lowest BCUT2D eigenvalue weighted by Crippen LogP contribution is -2.22. The summed E-state index contributed by atoms with van der Waals surface area (Å²) in [7, 11) is 0. The van der Waals surface area contributed by atoms with E-state index in [1.165, 1.54) is 24.2 Å². The molecule has 26 heavy (non-hydrogen) atoms. The minimum atomic E-state index is -0.113. The number of hydrogen-bond donors (Lipinski definition) is 0. The summed E-state index contributed by atoms with van der Waals surface area (Å²) >= 11 is 1.30. The third-order valence-electron chi connectivity index (χ3n) is 4.48. The standard InChI is InChI=1S/C21H22N2O2S/c1-4-14(2)16-9-11-17(12-10-16)23-20(25)18-7-5-6-8-19(18)22-21(23)26-13-15(3)24/h5-12,14H,4,13H2,1-3H3/t14-/m0/s1. The van der Waals surface area contributed by atoms with E-state index in [0.717, 1.165) is 12.1 Å². The third-order valence-corrected chi connectivity index (χ3v) is 5.57. The Hall–Kier alpha value is -2.40. The van der Waals surface area contributed by atoms with Crippen LogP contribution in [0.15, 0.2) is 58.5 Å². The second-order valence-corrected chi connectivity index (χ2v) is 7.39. The van der Waals surface area contributed by atoms with Crippen molar-refractivity contribution in [2.45, 2.75) is 38.3 Å². The predicted molar refractivity (Wildman–Crippen MR) is 107 cm³/mol. The first-order chi connectivity index (χ1) is 12.5. The van der Waals surface area contributed by atoms with Crippen molar-refractivity contribution in [3.63, 3.8) is 0 Å². The molecule has 0 spiro atoms. The fraction of sp³-hybridized carbons (Fsp3) is 0.286. The predicted octanol–water partition coefficient (Wildman–Crippen LogP) is 4.58. The minimum Gasteiger partial charge on any atom is -0.299 e. The first kappa shape index (κ1) is 18.4. The summed E-state index contributed by atoms with van der Waals surface area (Å²) < 4.78 is 1.61. The number of thioether (sulfide) groups is 1. The van der Waals surface area contributed by atoms with Crippen LogP contribution in [-0.4, -0.2) is 21.1 Å². The molecular weight excluding hydrogens is 344 g/mol. The Labute approximate surface area is 157 Å². The molecule has 5 heteroatoms. The quantitative estimate of drug-likeness (QED) is 0.473. The fourth-order valence-electron chi connectivity index (χ4n) is 2.79. The molecule has 0 amide bonds. The maximum absolute atomic E-state index is 13.1. The van der Waals surface area contributed by atoms with Gasteiger partial charge in [-0.05, 0) is 49.1 Å². The van der Waals surface area contributed by atoms with Crippen molar-refractivity contribution in [2.75, 3.05) is 5.75 Å². The number of carbonyl (C=O) groups is 1. The highest BCUT2D eigenvalue weighted by Crippen LogP contribution is 2.24. The average Bonchev–Trinajstić information content (AvgIpc) is 2.66. The SMILES string of the molecule is CC[C@H](C)c1ccc(-n2c(SCC(C)=O)nc3ccccc3c2=O)cc1. The van der Waals surface area contributed by atoms with Crippen LogP contribution in [0.1, 0.15) is 38.7 Å². The smallest absolute Gasteiger partial charge is 0.266 e. The number of carbonyl (C=O) groups excluding carboxylic acids is 1. The number of nitrogens with zero attached hydrogens (tertiary/aromatic N) is 2. The summed E-state index contributed by atoms with van der Waals surface area (Å²) in [5.41, 5.74) is 2.55. The van der Waals surface area contributed by atoms with Crippen LogP contribution in [-0.2, 0) is 4.79 Å². The molecule has 134 valence electrons. The topological polar surface area (TPSA) is 52.0 Å². The minimum absolute atomic E-state index is 0.0519. The summed E-state index contributed by atoms with van der Waals surface area (Å²) in [6.07, 6.45) is 1.07. The van der Waals surface area contributed by atoms with Crippen molar-refractivity contribution >= 4 is 28.4 Å². The van der Waals surface area contributed by atoms with E-state index in [2.05, 4.69) is 31.0 Å². The first-order valence-corrected chi connectivity index (χ1v) is 9.74. The molecule has 0 unspecified atom stereocenters. The maximum Gasteiger partial charge on any atom is 0.266 e. The van der Waals surface area contributed by atoms with Crippen molar-refractivity contribution in [1.29, 1.82) is 0 Å². The van der Waals surface area contributed by atoms with Gasteiger partial charge in [0, 0.05) is 0 Å². The zero-order valence-electron chi connectivity index (χ0n) is 15.2. The molecule has 4 nitrogen and oxygen atoms in total. The molecule has 0 saturated carbocycles. The summed E-state index contributed by atoms with van der Waals surface area (Å²) in [4.78, 5) is 29.2. The maximum atomic E-state index is 13.1. The van der Waals surface area contributed by atoms with Gasteiger partial charge in [0.05, 0.1) is 22.3 Å². The van der Waals surface area contributed by atoms with Crippen molar-refractivity contribution in [3.8, 4) is 5.69 Å². The second kappa shape index (κ2) is 7.87. The summed E-state index contributed by atoms with van der Waals surface area (Å²) in [6, 6.07) is 15.3. The number of benzene rings is 2. The summed E-state index contributed by atoms with van der Waals surface area (Å²) in [5.74, 6) is 0.813. The molecule has 1 heterocycles. The van der Waals surface area contributed by atoms with Crippen LogP contribution in [0.4, 0.5) is 0 Å². The molecule has 0 aliphatic carbocycles. The van der Waals surface area contributed by atoms with Crippen LogP contribution in [0, 0.1) is 0 Å². The van der Waals surface area contributed by atoms with E-state index >= 15 is 0 Å². The van der Waals surface area contributed by atoms with E-state index in [4.69, 9.17) is 0 Å². The molecular formula is C21H22N2O2S. The Bertz CT molecular complexity index is 993. The first-order valence-electron chi connectivity index (χ1n) is 8.75. The normalized spacial score (nSPS) is 12.3. The van der Waals surface area contributed by atoms with Gasteiger partial charge in [0.1, 0.15) is 5.78 Å². The molecule has 0 aliphatic rings. The molecule has 0 N–H and O–H groups in total. The number of rotatable bonds is 6. The number of aromatic nitrogens is 2. The van der Waals surface area contributed by atoms with Crippen LogP contribution in [0.5, 0.6) is 0 Å². The van der Waals surface area contributed by atoms with Gasteiger partial charge >= 0.3 is 0 Å². The molecule has 2 aromatic carbocycles. The van der Waals surface area contributed by atoms with E-state index in [9.17, 15) is 9.59 Å². The van der Waals surface area contributed by atoms with E-state index in [0.29, 0.717) is 22.0 Å². The van der Waals surface area contributed by atoms with Gasteiger partial charge < -0.3 is 0 Å². The van der Waals surface area contributed by atoms with E-state index < -0.39 is 0 Å². The highest BCUT2D eigenvalue weighted by Gasteiger charge is 2.14. The highest BCUT2D eigenvalue weighted by molar-refractivity contribution is 7.99. The zero-order valence-corrected chi connectivity index (χ0v) is 16.0. The number of hydrogen-bond acceptors (Lipinski definition) is 4. The Morgan fingerprint density at radius 3 is 2.50 bits per heavy atom. The Balaban J connectivity index is 2.15. The third kappa shape index (κ3) is 3.73.